The van der Waals surface area contributed by atoms with Crippen molar-refractivity contribution in [3.63, 3.8) is 0 Å². The number of carbonyl (C=O) groups is 1. The molecule has 1 aromatic rings. The van der Waals surface area contributed by atoms with Gasteiger partial charge in [0.15, 0.2) is 0 Å². The first kappa shape index (κ1) is 16.8. The van der Waals surface area contributed by atoms with Crippen molar-refractivity contribution >= 4 is 6.03 Å². The number of likely N-dealkylation sites (N-methyl/N-ethyl adjacent to an activating group) is 1. The van der Waals surface area contributed by atoms with E-state index in [4.69, 9.17) is 9.47 Å². The highest BCUT2D eigenvalue weighted by Crippen LogP contribution is 2.13. The minimum atomic E-state index is -0.0636. The van der Waals surface area contributed by atoms with Crippen molar-refractivity contribution in [2.45, 2.75) is 38.5 Å². The van der Waals surface area contributed by atoms with E-state index in [2.05, 4.69) is 5.32 Å². The summed E-state index contributed by atoms with van der Waals surface area (Å²) in [6.45, 7) is 2.56. The van der Waals surface area contributed by atoms with Gasteiger partial charge in [-0.3, -0.25) is 0 Å². The van der Waals surface area contributed by atoms with Gasteiger partial charge in [0.05, 0.1) is 12.7 Å². The van der Waals surface area contributed by atoms with Gasteiger partial charge in [0.25, 0.3) is 0 Å². The summed E-state index contributed by atoms with van der Waals surface area (Å²) >= 11 is 0. The van der Waals surface area contributed by atoms with Crippen LogP contribution >= 0.6 is 0 Å². The zero-order chi connectivity index (χ0) is 15.8. The lowest BCUT2D eigenvalue weighted by Gasteiger charge is -2.27. The second-order valence-corrected chi connectivity index (χ2v) is 5.78. The van der Waals surface area contributed by atoms with E-state index in [-0.39, 0.29) is 12.1 Å². The first-order chi connectivity index (χ1) is 10.7. The number of ether oxygens (including phenoxy) is 2. The molecule has 2 rings (SSSR count). The number of amides is 2. The van der Waals surface area contributed by atoms with E-state index in [0.717, 1.165) is 30.6 Å². The largest absolute Gasteiger partial charge is 0.380 e. The second kappa shape index (κ2) is 8.76. The summed E-state index contributed by atoms with van der Waals surface area (Å²) in [7, 11) is 3.49. The predicted octanol–water partition coefficient (Wildman–Crippen LogP) is 2.54. The Balaban J connectivity index is 1.77. The van der Waals surface area contributed by atoms with Crippen molar-refractivity contribution in [1.29, 1.82) is 0 Å². The van der Waals surface area contributed by atoms with Gasteiger partial charge in [0.1, 0.15) is 0 Å². The summed E-state index contributed by atoms with van der Waals surface area (Å²) in [5.41, 5.74) is 2.18. The minimum Gasteiger partial charge on any atom is -0.380 e. The molecule has 1 aromatic carbocycles. The van der Waals surface area contributed by atoms with Gasteiger partial charge < -0.3 is 19.7 Å². The summed E-state index contributed by atoms with van der Waals surface area (Å²) < 4.78 is 10.8. The van der Waals surface area contributed by atoms with Crippen LogP contribution in [0.2, 0.25) is 0 Å². The maximum absolute atomic E-state index is 12.1. The van der Waals surface area contributed by atoms with Gasteiger partial charge in [-0.05, 0) is 30.4 Å². The lowest BCUT2D eigenvalue weighted by Crippen LogP contribution is -2.42. The molecule has 0 radical (unpaired) electrons. The van der Waals surface area contributed by atoms with Crippen LogP contribution in [0, 0.1) is 0 Å². The molecule has 0 bridgehead atoms. The number of carbonyl (C=O) groups excluding carboxylic acids is 1. The van der Waals surface area contributed by atoms with Crippen LogP contribution in [-0.2, 0) is 22.6 Å². The molecule has 1 aliphatic rings. The Kier molecular flexibility index (Phi) is 6.68. The van der Waals surface area contributed by atoms with Crippen LogP contribution in [0.3, 0.4) is 0 Å². The Morgan fingerprint density at radius 3 is 2.95 bits per heavy atom. The molecule has 1 saturated heterocycles. The van der Waals surface area contributed by atoms with E-state index in [1.54, 1.807) is 12.0 Å². The molecule has 5 heteroatoms. The summed E-state index contributed by atoms with van der Waals surface area (Å²) in [6.07, 6.45) is 3.53. The number of rotatable bonds is 6. The van der Waals surface area contributed by atoms with E-state index in [9.17, 15) is 4.79 Å². The molecule has 122 valence electrons. The third-order valence-electron chi connectivity index (χ3n) is 3.84. The monoisotopic (exact) mass is 306 g/mol. The molecule has 5 nitrogen and oxygen atoms in total. The van der Waals surface area contributed by atoms with Crippen molar-refractivity contribution in [3.05, 3.63) is 35.4 Å². The molecule has 1 fully saturated rings. The maximum Gasteiger partial charge on any atom is 0.317 e. The Hall–Kier alpha value is -1.59. The number of urea groups is 1. The van der Waals surface area contributed by atoms with E-state index >= 15 is 0 Å². The summed E-state index contributed by atoms with van der Waals surface area (Å²) in [4.78, 5) is 13.8. The Morgan fingerprint density at radius 2 is 2.23 bits per heavy atom. The first-order valence-corrected chi connectivity index (χ1v) is 7.86. The fourth-order valence-corrected chi connectivity index (χ4v) is 2.65. The highest BCUT2D eigenvalue weighted by molar-refractivity contribution is 5.73. The van der Waals surface area contributed by atoms with Crippen LogP contribution in [0.4, 0.5) is 4.79 Å². The summed E-state index contributed by atoms with van der Waals surface area (Å²) in [5.74, 6) is 0. The Bertz CT molecular complexity index is 473. The zero-order valence-corrected chi connectivity index (χ0v) is 13.5. The second-order valence-electron chi connectivity index (χ2n) is 5.78. The molecule has 1 aliphatic heterocycles. The smallest absolute Gasteiger partial charge is 0.317 e. The molecular formula is C17H26N2O3. The van der Waals surface area contributed by atoms with E-state index in [1.807, 2.05) is 31.3 Å². The van der Waals surface area contributed by atoms with Gasteiger partial charge in [0.2, 0.25) is 0 Å². The first-order valence-electron chi connectivity index (χ1n) is 7.86. The average molecular weight is 306 g/mol. The zero-order valence-electron chi connectivity index (χ0n) is 13.5. The lowest BCUT2D eigenvalue weighted by atomic mass is 10.1. The third-order valence-corrected chi connectivity index (χ3v) is 3.84. The van der Waals surface area contributed by atoms with Gasteiger partial charge in [-0.1, -0.05) is 24.3 Å². The van der Waals surface area contributed by atoms with Crippen LogP contribution in [0.1, 0.15) is 30.4 Å². The minimum absolute atomic E-state index is 0.0636. The number of nitrogens with zero attached hydrogens (tertiary/aromatic N) is 1. The van der Waals surface area contributed by atoms with Crippen LogP contribution < -0.4 is 5.32 Å². The van der Waals surface area contributed by atoms with Gasteiger partial charge in [-0.2, -0.15) is 0 Å². The van der Waals surface area contributed by atoms with Gasteiger partial charge in [0, 0.05) is 33.9 Å². The highest BCUT2D eigenvalue weighted by Gasteiger charge is 2.18. The molecule has 1 heterocycles. The fourth-order valence-electron chi connectivity index (χ4n) is 2.65. The molecule has 2 amide bonds. The summed E-state index contributed by atoms with van der Waals surface area (Å²) in [6, 6.07) is 7.99. The van der Waals surface area contributed by atoms with Crippen molar-refractivity contribution in [1.82, 2.24) is 10.2 Å². The predicted molar refractivity (Wildman–Crippen MR) is 85.6 cm³/mol. The van der Waals surface area contributed by atoms with Crippen LogP contribution in [-0.4, -0.2) is 44.3 Å². The lowest BCUT2D eigenvalue weighted by molar-refractivity contribution is 0.00385. The van der Waals surface area contributed by atoms with Gasteiger partial charge >= 0.3 is 6.03 Å². The van der Waals surface area contributed by atoms with Crippen LogP contribution in [0.15, 0.2) is 24.3 Å². The SMILES string of the molecule is COCc1cccc(CNC(=O)N(C)CC2CCCCO2)c1. The van der Waals surface area contributed by atoms with E-state index in [1.165, 1.54) is 6.42 Å². The molecule has 0 spiro atoms. The number of hydrogen-bond donors (Lipinski definition) is 1. The Labute approximate surface area is 132 Å². The molecule has 22 heavy (non-hydrogen) atoms. The van der Waals surface area contributed by atoms with Crippen molar-refractivity contribution in [2.24, 2.45) is 0 Å². The van der Waals surface area contributed by atoms with Gasteiger partial charge in [-0.25, -0.2) is 4.79 Å². The van der Waals surface area contributed by atoms with Gasteiger partial charge in [-0.15, -0.1) is 0 Å². The fraction of sp³-hybridized carbons (Fsp3) is 0.588. The number of nitrogens with one attached hydrogen (secondary N) is 1. The normalized spacial score (nSPS) is 18.0. The van der Waals surface area contributed by atoms with Crippen molar-refractivity contribution < 1.29 is 14.3 Å². The third kappa shape index (κ3) is 5.31. The van der Waals surface area contributed by atoms with Crippen molar-refractivity contribution in [2.75, 3.05) is 27.3 Å². The van der Waals surface area contributed by atoms with E-state index in [0.29, 0.717) is 19.7 Å². The number of methoxy groups -OCH3 is 1. The molecular weight excluding hydrogens is 280 g/mol. The molecule has 1 N–H and O–H groups in total. The Morgan fingerprint density at radius 1 is 1.41 bits per heavy atom. The molecule has 0 aromatic heterocycles. The molecule has 0 saturated carbocycles. The number of hydrogen-bond acceptors (Lipinski definition) is 3. The van der Waals surface area contributed by atoms with Crippen LogP contribution in [0.5, 0.6) is 0 Å². The average Bonchev–Trinajstić information content (AvgIpc) is 2.54. The number of benzene rings is 1. The topological polar surface area (TPSA) is 50.8 Å². The van der Waals surface area contributed by atoms with Crippen LogP contribution in [0.25, 0.3) is 0 Å². The van der Waals surface area contributed by atoms with E-state index < -0.39 is 0 Å². The quantitative estimate of drug-likeness (QED) is 0.878. The highest BCUT2D eigenvalue weighted by atomic mass is 16.5. The molecule has 1 atom stereocenters. The summed E-state index contributed by atoms with van der Waals surface area (Å²) in [5, 5.41) is 2.95. The molecule has 0 aliphatic carbocycles. The van der Waals surface area contributed by atoms with Crippen molar-refractivity contribution in [3.8, 4) is 0 Å². The maximum atomic E-state index is 12.1. The standard InChI is InChI=1S/C17H26N2O3/c1-19(12-16-8-3-4-9-22-16)17(20)18-11-14-6-5-7-15(10-14)13-21-2/h5-7,10,16H,3-4,8-9,11-13H2,1-2H3,(H,18,20). The molecule has 1 unspecified atom stereocenters.